The maximum atomic E-state index is 6.07. The lowest BCUT2D eigenvalue weighted by Crippen LogP contribution is -2.03. The van der Waals surface area contributed by atoms with Gasteiger partial charge in [-0.15, -0.1) is 0 Å². The van der Waals surface area contributed by atoms with Crippen LogP contribution in [-0.2, 0) is 4.74 Å². The number of nitrogens with zero attached hydrogens (tertiary/aromatic N) is 2. The molecule has 0 spiro atoms. The molecule has 1 fully saturated rings. The maximum absolute atomic E-state index is 6.07. The Morgan fingerprint density at radius 2 is 2.22 bits per heavy atom. The average Bonchev–Trinajstić information content (AvgIpc) is 2.98. The second kappa shape index (κ2) is 4.46. The lowest BCUT2D eigenvalue weighted by atomic mass is 10.0. The second-order valence-corrected chi connectivity index (χ2v) is 4.76. The van der Waals surface area contributed by atoms with E-state index in [9.17, 15) is 0 Å². The van der Waals surface area contributed by atoms with Crippen molar-refractivity contribution in [2.24, 2.45) is 0 Å². The van der Waals surface area contributed by atoms with Gasteiger partial charge in [-0.3, -0.25) is 0 Å². The van der Waals surface area contributed by atoms with Crippen LogP contribution >= 0.6 is 0 Å². The summed E-state index contributed by atoms with van der Waals surface area (Å²) in [6.07, 6.45) is 2.91. The zero-order valence-electron chi connectivity index (χ0n) is 10.5. The van der Waals surface area contributed by atoms with Crippen LogP contribution in [0.15, 0.2) is 30.5 Å². The van der Waals surface area contributed by atoms with E-state index in [2.05, 4.69) is 24.2 Å². The lowest BCUT2D eigenvalue weighted by Gasteiger charge is -2.06. The van der Waals surface area contributed by atoms with Crippen molar-refractivity contribution in [2.75, 3.05) is 18.9 Å². The summed E-state index contributed by atoms with van der Waals surface area (Å²) in [6.45, 7) is 3.61. The Balaban J connectivity index is 1.99. The van der Waals surface area contributed by atoms with Gasteiger partial charge in [0.15, 0.2) is 0 Å². The Morgan fingerprint density at radius 1 is 1.39 bits per heavy atom. The van der Waals surface area contributed by atoms with E-state index in [1.165, 1.54) is 5.56 Å². The van der Waals surface area contributed by atoms with Gasteiger partial charge in [0.1, 0.15) is 0 Å². The highest BCUT2D eigenvalue weighted by Crippen LogP contribution is 2.29. The summed E-state index contributed by atoms with van der Waals surface area (Å²) < 4.78 is 7.27. The first kappa shape index (κ1) is 11.3. The van der Waals surface area contributed by atoms with Crippen molar-refractivity contribution < 1.29 is 4.74 Å². The molecule has 2 heterocycles. The highest BCUT2D eigenvalue weighted by molar-refractivity contribution is 5.48. The summed E-state index contributed by atoms with van der Waals surface area (Å²) >= 11 is 0. The van der Waals surface area contributed by atoms with Crippen LogP contribution in [0.4, 0.5) is 5.69 Å². The van der Waals surface area contributed by atoms with Crippen LogP contribution in [0.5, 0.6) is 0 Å². The first-order valence-corrected chi connectivity index (χ1v) is 6.24. The third kappa shape index (κ3) is 1.88. The number of ether oxygens (including phenoxy) is 1. The molecule has 4 heteroatoms. The van der Waals surface area contributed by atoms with E-state index in [1.807, 2.05) is 23.0 Å². The number of rotatable bonds is 2. The standard InChI is InChI=1S/C14H17N3O/c1-10-4-2-3-5-13(10)17-8-12(15)14(16-17)11-6-7-18-9-11/h2-5,8,11H,6-7,9,15H2,1H3. The molecule has 1 unspecified atom stereocenters. The number of anilines is 1. The van der Waals surface area contributed by atoms with Crippen molar-refractivity contribution in [3.05, 3.63) is 41.7 Å². The molecule has 0 bridgehead atoms. The average molecular weight is 243 g/mol. The van der Waals surface area contributed by atoms with Gasteiger partial charge in [-0.05, 0) is 25.0 Å². The summed E-state index contributed by atoms with van der Waals surface area (Å²) in [5.41, 5.74) is 10.1. The van der Waals surface area contributed by atoms with Crippen LogP contribution in [0.1, 0.15) is 23.6 Å². The van der Waals surface area contributed by atoms with Gasteiger partial charge in [-0.25, -0.2) is 4.68 Å². The van der Waals surface area contributed by atoms with Crippen LogP contribution in [0.25, 0.3) is 5.69 Å². The molecule has 0 aliphatic carbocycles. The normalized spacial score (nSPS) is 19.3. The van der Waals surface area contributed by atoms with Crippen LogP contribution in [0, 0.1) is 6.92 Å². The molecule has 4 nitrogen and oxygen atoms in total. The van der Waals surface area contributed by atoms with E-state index < -0.39 is 0 Å². The van der Waals surface area contributed by atoms with Gasteiger partial charge in [-0.2, -0.15) is 5.10 Å². The second-order valence-electron chi connectivity index (χ2n) is 4.76. The predicted molar refractivity (Wildman–Crippen MR) is 70.9 cm³/mol. The zero-order chi connectivity index (χ0) is 12.5. The number of aromatic nitrogens is 2. The topological polar surface area (TPSA) is 53.1 Å². The number of nitrogen functional groups attached to an aromatic ring is 1. The van der Waals surface area contributed by atoms with Crippen molar-refractivity contribution in [1.82, 2.24) is 9.78 Å². The Kier molecular flexibility index (Phi) is 2.80. The largest absolute Gasteiger partial charge is 0.396 e. The summed E-state index contributed by atoms with van der Waals surface area (Å²) in [5.74, 6) is 0.343. The Bertz CT molecular complexity index is 556. The molecule has 94 valence electrons. The van der Waals surface area contributed by atoms with Crippen molar-refractivity contribution >= 4 is 5.69 Å². The summed E-state index contributed by atoms with van der Waals surface area (Å²) in [7, 11) is 0. The monoisotopic (exact) mass is 243 g/mol. The molecule has 3 rings (SSSR count). The van der Waals surface area contributed by atoms with Crippen molar-refractivity contribution in [1.29, 1.82) is 0 Å². The SMILES string of the molecule is Cc1ccccc1-n1cc(N)c(C2CCOC2)n1. The van der Waals surface area contributed by atoms with Crippen LogP contribution in [-0.4, -0.2) is 23.0 Å². The maximum Gasteiger partial charge on any atom is 0.0912 e. The molecular weight excluding hydrogens is 226 g/mol. The minimum Gasteiger partial charge on any atom is -0.396 e. The third-order valence-electron chi connectivity index (χ3n) is 3.45. The van der Waals surface area contributed by atoms with Crippen LogP contribution in [0.2, 0.25) is 0 Å². The number of hydrogen-bond acceptors (Lipinski definition) is 3. The number of hydrogen-bond donors (Lipinski definition) is 1. The number of para-hydroxylation sites is 1. The number of benzene rings is 1. The molecule has 1 aromatic heterocycles. The molecule has 2 aromatic rings. The first-order chi connectivity index (χ1) is 8.75. The summed E-state index contributed by atoms with van der Waals surface area (Å²) in [6, 6.07) is 8.16. The molecule has 2 N–H and O–H groups in total. The smallest absolute Gasteiger partial charge is 0.0912 e. The Labute approximate surface area is 106 Å². The highest BCUT2D eigenvalue weighted by atomic mass is 16.5. The van der Waals surface area contributed by atoms with E-state index >= 15 is 0 Å². The van der Waals surface area contributed by atoms with Gasteiger partial charge in [-0.1, -0.05) is 18.2 Å². The van der Waals surface area contributed by atoms with Crippen molar-refractivity contribution in [3.8, 4) is 5.69 Å². The van der Waals surface area contributed by atoms with Gasteiger partial charge in [0, 0.05) is 12.5 Å². The molecule has 1 saturated heterocycles. The van der Waals surface area contributed by atoms with Crippen LogP contribution < -0.4 is 5.73 Å². The molecule has 0 saturated carbocycles. The van der Waals surface area contributed by atoms with E-state index in [4.69, 9.17) is 10.5 Å². The van der Waals surface area contributed by atoms with E-state index in [1.54, 1.807) is 0 Å². The molecule has 0 amide bonds. The molecule has 1 aliphatic rings. The number of nitrogens with two attached hydrogens (primary N) is 1. The van der Waals surface area contributed by atoms with Gasteiger partial charge >= 0.3 is 0 Å². The van der Waals surface area contributed by atoms with Gasteiger partial charge in [0.05, 0.1) is 29.9 Å². The van der Waals surface area contributed by atoms with E-state index in [-0.39, 0.29) is 0 Å². The fourth-order valence-corrected chi connectivity index (χ4v) is 2.41. The summed E-state index contributed by atoms with van der Waals surface area (Å²) in [5, 5.41) is 4.63. The van der Waals surface area contributed by atoms with Gasteiger partial charge in [0.25, 0.3) is 0 Å². The van der Waals surface area contributed by atoms with Crippen LogP contribution in [0.3, 0.4) is 0 Å². The molecule has 18 heavy (non-hydrogen) atoms. The van der Waals surface area contributed by atoms with Gasteiger partial charge in [0.2, 0.25) is 0 Å². The quantitative estimate of drug-likeness (QED) is 0.880. The molecule has 0 radical (unpaired) electrons. The van der Waals surface area contributed by atoms with Crippen molar-refractivity contribution in [3.63, 3.8) is 0 Å². The highest BCUT2D eigenvalue weighted by Gasteiger charge is 2.23. The predicted octanol–water partition coefficient (Wildman–Crippen LogP) is 2.27. The first-order valence-electron chi connectivity index (χ1n) is 6.24. The Morgan fingerprint density at radius 3 is 2.94 bits per heavy atom. The lowest BCUT2D eigenvalue weighted by molar-refractivity contribution is 0.193. The van der Waals surface area contributed by atoms with E-state index in [0.29, 0.717) is 5.92 Å². The fraction of sp³-hybridized carbons (Fsp3) is 0.357. The molecule has 1 aliphatic heterocycles. The Hall–Kier alpha value is -1.81. The fourth-order valence-electron chi connectivity index (χ4n) is 2.41. The molecular formula is C14H17N3O. The molecule has 1 aromatic carbocycles. The van der Waals surface area contributed by atoms with Gasteiger partial charge < -0.3 is 10.5 Å². The van der Waals surface area contributed by atoms with Crippen molar-refractivity contribution in [2.45, 2.75) is 19.3 Å². The van der Waals surface area contributed by atoms with E-state index in [0.717, 1.165) is 36.7 Å². The summed E-state index contributed by atoms with van der Waals surface area (Å²) in [4.78, 5) is 0. The minimum absolute atomic E-state index is 0.343. The molecule has 1 atom stereocenters. The zero-order valence-corrected chi connectivity index (χ0v) is 10.5. The minimum atomic E-state index is 0.343. The number of aryl methyl sites for hydroxylation is 1. The third-order valence-corrected chi connectivity index (χ3v) is 3.45.